The van der Waals surface area contributed by atoms with Crippen LogP contribution in [0.2, 0.25) is 18.1 Å². The van der Waals surface area contributed by atoms with Crippen molar-refractivity contribution in [2.75, 3.05) is 6.61 Å². The fourth-order valence-corrected chi connectivity index (χ4v) is 2.85. The molecule has 0 heterocycles. The second-order valence-corrected chi connectivity index (χ2v) is 12.1. The number of carbonyl (C=O) groups is 2. The second-order valence-electron chi connectivity index (χ2n) is 7.24. The molecule has 1 aromatic rings. The lowest BCUT2D eigenvalue weighted by atomic mass is 10.1. The molecular weight excluding hydrogens is 329 g/mol. The Bertz CT molecular complexity index is 598. The van der Waals surface area contributed by atoms with Crippen LogP contribution in [-0.4, -0.2) is 37.9 Å². The zero-order valence-corrected chi connectivity index (χ0v) is 15.9. The van der Waals surface area contributed by atoms with E-state index >= 15 is 0 Å². The number of rotatable bonds is 7. The Morgan fingerprint density at radius 3 is 2.38 bits per heavy atom. The quantitative estimate of drug-likeness (QED) is 0.735. The highest BCUT2D eigenvalue weighted by Crippen LogP contribution is 2.36. The van der Waals surface area contributed by atoms with Crippen molar-refractivity contribution in [1.29, 1.82) is 0 Å². The predicted molar refractivity (Wildman–Crippen MR) is 93.1 cm³/mol. The Balaban J connectivity index is 2.68. The van der Waals surface area contributed by atoms with Crippen LogP contribution < -0.4 is 5.32 Å². The van der Waals surface area contributed by atoms with Crippen molar-refractivity contribution >= 4 is 20.2 Å². The molecule has 0 fully saturated rings. The summed E-state index contributed by atoms with van der Waals surface area (Å²) in [6.45, 7) is 10.6. The number of benzene rings is 1. The Morgan fingerprint density at radius 2 is 1.88 bits per heavy atom. The molecule has 24 heavy (non-hydrogen) atoms. The zero-order chi connectivity index (χ0) is 18.5. The summed E-state index contributed by atoms with van der Waals surface area (Å²) >= 11 is 0. The maximum atomic E-state index is 13.6. The summed E-state index contributed by atoms with van der Waals surface area (Å²) in [5.74, 6) is -2.59. The van der Waals surface area contributed by atoms with Crippen molar-refractivity contribution < 1.29 is 23.5 Å². The molecule has 2 N–H and O–H groups in total. The first kappa shape index (κ1) is 20.3. The molecule has 0 spiro atoms. The Hall–Kier alpha value is -1.73. The molecule has 0 unspecified atom stereocenters. The number of aliphatic carboxylic acids is 1. The third kappa shape index (κ3) is 5.42. The van der Waals surface area contributed by atoms with Crippen LogP contribution in [-0.2, 0) is 9.22 Å². The standard InChI is InChI=1S/C17H26FNO4Si/c1-17(2,3)24(4,5)23-11-10-14(16(21)22)19-15(20)12-8-6-7-9-13(12)18/h6-9,14H,10-11H2,1-5H3,(H,19,20)(H,21,22)/t14-/m0/s1. The number of carbonyl (C=O) groups excluding carboxylic acids is 1. The Labute approximate surface area is 143 Å². The van der Waals surface area contributed by atoms with E-state index in [0.717, 1.165) is 6.07 Å². The summed E-state index contributed by atoms with van der Waals surface area (Å²) in [5.41, 5.74) is -0.172. The number of nitrogens with one attached hydrogen (secondary N) is 1. The SMILES string of the molecule is CC(C)(C)[Si](C)(C)OCC[C@H](NC(=O)c1ccccc1F)C(=O)O. The van der Waals surface area contributed by atoms with Crippen molar-refractivity contribution in [2.24, 2.45) is 0 Å². The number of hydrogen-bond donors (Lipinski definition) is 2. The van der Waals surface area contributed by atoms with Gasteiger partial charge in [-0.1, -0.05) is 32.9 Å². The molecule has 134 valence electrons. The Kier molecular flexibility index (Phi) is 6.68. The number of amides is 1. The highest BCUT2D eigenvalue weighted by molar-refractivity contribution is 6.74. The summed E-state index contributed by atoms with van der Waals surface area (Å²) < 4.78 is 19.5. The van der Waals surface area contributed by atoms with Crippen LogP contribution >= 0.6 is 0 Å². The van der Waals surface area contributed by atoms with Gasteiger partial charge >= 0.3 is 5.97 Å². The van der Waals surface area contributed by atoms with Gasteiger partial charge in [-0.05, 0) is 30.3 Å². The van der Waals surface area contributed by atoms with E-state index in [4.69, 9.17) is 4.43 Å². The molecule has 1 amide bonds. The molecule has 0 aromatic heterocycles. The minimum Gasteiger partial charge on any atom is -0.480 e. The van der Waals surface area contributed by atoms with Gasteiger partial charge in [0.15, 0.2) is 8.32 Å². The maximum Gasteiger partial charge on any atom is 0.326 e. The second kappa shape index (κ2) is 7.89. The lowest BCUT2D eigenvalue weighted by Crippen LogP contribution is -2.44. The van der Waals surface area contributed by atoms with Crippen molar-refractivity contribution in [3.63, 3.8) is 0 Å². The highest BCUT2D eigenvalue weighted by atomic mass is 28.4. The van der Waals surface area contributed by atoms with Gasteiger partial charge in [0.25, 0.3) is 5.91 Å². The molecule has 0 radical (unpaired) electrons. The number of hydrogen-bond acceptors (Lipinski definition) is 3. The molecule has 0 saturated heterocycles. The fourth-order valence-electron chi connectivity index (χ4n) is 1.79. The summed E-state index contributed by atoms with van der Waals surface area (Å²) in [4.78, 5) is 23.4. The van der Waals surface area contributed by atoms with E-state index in [1.54, 1.807) is 0 Å². The molecule has 0 bridgehead atoms. The van der Waals surface area contributed by atoms with Crippen LogP contribution in [0, 0.1) is 5.82 Å². The molecule has 0 aliphatic rings. The lowest BCUT2D eigenvalue weighted by Gasteiger charge is -2.36. The van der Waals surface area contributed by atoms with Gasteiger partial charge in [-0.25, -0.2) is 9.18 Å². The minimum absolute atomic E-state index is 0.0160. The van der Waals surface area contributed by atoms with Gasteiger partial charge in [-0.15, -0.1) is 0 Å². The fraction of sp³-hybridized carbons (Fsp3) is 0.529. The zero-order valence-electron chi connectivity index (χ0n) is 14.9. The molecular formula is C17H26FNO4Si. The van der Waals surface area contributed by atoms with Crippen LogP contribution in [0.3, 0.4) is 0 Å². The normalized spacial score (nSPS) is 13.4. The average Bonchev–Trinajstić information content (AvgIpc) is 2.45. The Morgan fingerprint density at radius 1 is 1.29 bits per heavy atom. The predicted octanol–water partition coefficient (Wildman–Crippen LogP) is 3.42. The van der Waals surface area contributed by atoms with Gasteiger partial charge in [-0.2, -0.15) is 0 Å². The van der Waals surface area contributed by atoms with Crippen LogP contribution in [0.5, 0.6) is 0 Å². The van der Waals surface area contributed by atoms with Gasteiger partial charge in [0.05, 0.1) is 5.56 Å². The van der Waals surface area contributed by atoms with Gasteiger partial charge in [-0.3, -0.25) is 4.79 Å². The highest BCUT2D eigenvalue weighted by Gasteiger charge is 2.37. The molecule has 0 aliphatic heterocycles. The number of halogens is 1. The maximum absolute atomic E-state index is 13.6. The summed E-state index contributed by atoms with van der Waals surface area (Å²) in [6, 6.07) is 4.34. The summed E-state index contributed by atoms with van der Waals surface area (Å²) in [5, 5.41) is 11.6. The summed E-state index contributed by atoms with van der Waals surface area (Å²) in [6.07, 6.45) is 0.127. The largest absolute Gasteiger partial charge is 0.480 e. The molecule has 0 aliphatic carbocycles. The van der Waals surface area contributed by atoms with Crippen LogP contribution in [0.15, 0.2) is 24.3 Å². The lowest BCUT2D eigenvalue weighted by molar-refractivity contribution is -0.139. The van der Waals surface area contributed by atoms with Crippen molar-refractivity contribution in [3.8, 4) is 0 Å². The van der Waals surface area contributed by atoms with Crippen molar-refractivity contribution in [1.82, 2.24) is 5.32 Å². The van der Waals surface area contributed by atoms with E-state index in [1.165, 1.54) is 18.2 Å². The van der Waals surface area contributed by atoms with E-state index in [0.29, 0.717) is 0 Å². The number of carboxylic acid groups (broad SMARTS) is 1. The van der Waals surface area contributed by atoms with Crippen molar-refractivity contribution in [3.05, 3.63) is 35.6 Å². The topological polar surface area (TPSA) is 75.6 Å². The first-order valence-electron chi connectivity index (χ1n) is 7.88. The van der Waals surface area contributed by atoms with Crippen LogP contribution in [0.1, 0.15) is 37.6 Å². The van der Waals surface area contributed by atoms with Gasteiger partial charge < -0.3 is 14.8 Å². The third-order valence-corrected chi connectivity index (χ3v) is 8.94. The molecule has 1 aromatic carbocycles. The van der Waals surface area contributed by atoms with Gasteiger partial charge in [0, 0.05) is 13.0 Å². The molecule has 1 rings (SSSR count). The average molecular weight is 355 g/mol. The first-order valence-corrected chi connectivity index (χ1v) is 10.8. The van der Waals surface area contributed by atoms with Crippen molar-refractivity contribution in [2.45, 2.75) is 51.4 Å². The minimum atomic E-state index is -1.98. The molecule has 1 atom stereocenters. The van der Waals surface area contributed by atoms with E-state index in [9.17, 15) is 19.1 Å². The first-order chi connectivity index (χ1) is 11.0. The van der Waals surface area contributed by atoms with Crippen LogP contribution in [0.25, 0.3) is 0 Å². The molecule has 7 heteroatoms. The van der Waals surface area contributed by atoms with E-state index in [2.05, 4.69) is 39.2 Å². The molecule has 5 nitrogen and oxygen atoms in total. The monoisotopic (exact) mass is 355 g/mol. The van der Waals surface area contributed by atoms with E-state index < -0.39 is 32.1 Å². The number of carboxylic acids is 1. The van der Waals surface area contributed by atoms with E-state index in [-0.39, 0.29) is 23.6 Å². The smallest absolute Gasteiger partial charge is 0.326 e. The van der Waals surface area contributed by atoms with Gasteiger partial charge in [0.1, 0.15) is 11.9 Å². The van der Waals surface area contributed by atoms with Gasteiger partial charge in [0.2, 0.25) is 0 Å². The summed E-state index contributed by atoms with van der Waals surface area (Å²) in [7, 11) is -1.98. The van der Waals surface area contributed by atoms with E-state index in [1.807, 2.05) is 0 Å². The van der Waals surface area contributed by atoms with Crippen LogP contribution in [0.4, 0.5) is 4.39 Å². The third-order valence-electron chi connectivity index (χ3n) is 4.40. The molecule has 0 saturated carbocycles.